The molecule has 1 aromatic rings. The van der Waals surface area contributed by atoms with E-state index in [-0.39, 0.29) is 0 Å². The Morgan fingerprint density at radius 2 is 2.11 bits per heavy atom. The van der Waals surface area contributed by atoms with E-state index in [9.17, 15) is 4.79 Å². The second-order valence-electron chi connectivity index (χ2n) is 5.36. The monoisotopic (exact) mass is 246 g/mol. The van der Waals surface area contributed by atoms with Crippen LogP contribution in [0, 0.1) is 11.8 Å². The number of carbonyl (C=O) groups is 1. The zero-order valence-corrected chi connectivity index (χ0v) is 10.6. The number of ether oxygens (including phenoxy) is 2. The van der Waals surface area contributed by atoms with Gasteiger partial charge in [0.2, 0.25) is 0 Å². The zero-order chi connectivity index (χ0) is 12.5. The summed E-state index contributed by atoms with van der Waals surface area (Å²) in [6.07, 6.45) is 6.24. The maximum atomic E-state index is 10.8. The van der Waals surface area contributed by atoms with Gasteiger partial charge >= 0.3 is 0 Å². The Morgan fingerprint density at radius 1 is 1.22 bits per heavy atom. The fraction of sp³-hybridized carbons (Fsp3) is 0.533. The Balaban J connectivity index is 1.80. The highest BCUT2D eigenvalue weighted by atomic mass is 16.5. The first-order valence-corrected chi connectivity index (χ1v) is 6.60. The highest BCUT2D eigenvalue weighted by molar-refractivity contribution is 5.76. The largest absolute Gasteiger partial charge is 0.493 e. The van der Waals surface area contributed by atoms with E-state index in [1.807, 2.05) is 0 Å². The van der Waals surface area contributed by atoms with Crippen molar-refractivity contribution in [3.8, 4) is 11.5 Å². The fourth-order valence-corrected chi connectivity index (χ4v) is 3.35. The van der Waals surface area contributed by atoms with Gasteiger partial charge in [-0.15, -0.1) is 0 Å². The zero-order valence-electron chi connectivity index (χ0n) is 10.6. The molecule has 3 nitrogen and oxygen atoms in total. The van der Waals surface area contributed by atoms with Crippen molar-refractivity contribution >= 4 is 6.29 Å². The Hall–Kier alpha value is -1.51. The van der Waals surface area contributed by atoms with Crippen molar-refractivity contribution in [3.05, 3.63) is 23.8 Å². The SMILES string of the molecule is COc1ccc(C=O)cc1O[C@H]1C[C@@H]2CC[C@H]1C2. The molecule has 3 heteroatoms. The average Bonchev–Trinajstić information content (AvgIpc) is 3.01. The lowest BCUT2D eigenvalue weighted by molar-refractivity contribution is 0.112. The van der Waals surface area contributed by atoms with Crippen LogP contribution in [0.5, 0.6) is 11.5 Å². The standard InChI is InChI=1S/C15H18O3/c1-17-13-5-3-11(9-16)8-15(13)18-14-7-10-2-4-12(14)6-10/h3,5,8-10,12,14H,2,4,6-7H2,1H3/t10-,12+,14+/m1/s1. The van der Waals surface area contributed by atoms with Crippen LogP contribution in [0.2, 0.25) is 0 Å². The number of rotatable bonds is 4. The number of aldehydes is 1. The van der Waals surface area contributed by atoms with Gasteiger partial charge in [0, 0.05) is 5.56 Å². The molecule has 0 aliphatic heterocycles. The smallest absolute Gasteiger partial charge is 0.162 e. The van der Waals surface area contributed by atoms with Crippen LogP contribution in [-0.4, -0.2) is 19.5 Å². The molecule has 96 valence electrons. The highest BCUT2D eigenvalue weighted by Gasteiger charge is 2.41. The average molecular weight is 246 g/mol. The third kappa shape index (κ3) is 1.98. The maximum Gasteiger partial charge on any atom is 0.162 e. The quantitative estimate of drug-likeness (QED) is 0.766. The van der Waals surface area contributed by atoms with E-state index in [1.54, 1.807) is 25.3 Å². The number of hydrogen-bond donors (Lipinski definition) is 0. The van der Waals surface area contributed by atoms with E-state index in [2.05, 4.69) is 0 Å². The predicted molar refractivity (Wildman–Crippen MR) is 68.2 cm³/mol. The van der Waals surface area contributed by atoms with Gasteiger partial charge in [0.15, 0.2) is 11.5 Å². The summed E-state index contributed by atoms with van der Waals surface area (Å²) in [5.41, 5.74) is 0.633. The van der Waals surface area contributed by atoms with Crippen molar-refractivity contribution in [1.29, 1.82) is 0 Å². The first kappa shape index (κ1) is 11.6. The summed E-state index contributed by atoms with van der Waals surface area (Å²) < 4.78 is 11.4. The van der Waals surface area contributed by atoms with Gasteiger partial charge in [0.25, 0.3) is 0 Å². The summed E-state index contributed by atoms with van der Waals surface area (Å²) >= 11 is 0. The molecule has 3 rings (SSSR count). The van der Waals surface area contributed by atoms with Crippen LogP contribution in [-0.2, 0) is 0 Å². The molecular formula is C15H18O3. The van der Waals surface area contributed by atoms with Crippen LogP contribution in [0.15, 0.2) is 18.2 Å². The van der Waals surface area contributed by atoms with Crippen molar-refractivity contribution in [2.45, 2.75) is 31.8 Å². The van der Waals surface area contributed by atoms with Crippen molar-refractivity contribution in [2.75, 3.05) is 7.11 Å². The van der Waals surface area contributed by atoms with Gasteiger partial charge in [-0.3, -0.25) is 4.79 Å². The summed E-state index contributed by atoms with van der Waals surface area (Å²) in [4.78, 5) is 10.8. The molecule has 2 saturated carbocycles. The Morgan fingerprint density at radius 3 is 2.72 bits per heavy atom. The summed E-state index contributed by atoms with van der Waals surface area (Å²) in [5, 5.41) is 0. The molecule has 2 bridgehead atoms. The first-order chi connectivity index (χ1) is 8.80. The Kier molecular flexibility index (Phi) is 2.98. The minimum Gasteiger partial charge on any atom is -0.493 e. The topological polar surface area (TPSA) is 35.5 Å². The Labute approximate surface area is 107 Å². The van der Waals surface area contributed by atoms with Crippen LogP contribution in [0.1, 0.15) is 36.0 Å². The van der Waals surface area contributed by atoms with Gasteiger partial charge in [-0.25, -0.2) is 0 Å². The van der Waals surface area contributed by atoms with Crippen LogP contribution in [0.3, 0.4) is 0 Å². The molecule has 2 aliphatic carbocycles. The molecule has 0 spiro atoms. The molecule has 2 aliphatic rings. The molecule has 0 heterocycles. The van der Waals surface area contributed by atoms with Gasteiger partial charge in [-0.1, -0.05) is 0 Å². The molecule has 18 heavy (non-hydrogen) atoms. The molecule has 0 unspecified atom stereocenters. The van der Waals surface area contributed by atoms with E-state index >= 15 is 0 Å². The van der Waals surface area contributed by atoms with Gasteiger partial charge < -0.3 is 9.47 Å². The van der Waals surface area contributed by atoms with Crippen molar-refractivity contribution < 1.29 is 14.3 Å². The lowest BCUT2D eigenvalue weighted by Crippen LogP contribution is -2.23. The van der Waals surface area contributed by atoms with Crippen LogP contribution >= 0.6 is 0 Å². The van der Waals surface area contributed by atoms with E-state index in [4.69, 9.17) is 9.47 Å². The molecule has 0 saturated heterocycles. The molecule has 0 aromatic heterocycles. The first-order valence-electron chi connectivity index (χ1n) is 6.60. The Bertz CT molecular complexity index is 455. The number of carbonyl (C=O) groups excluding carboxylic acids is 1. The molecule has 2 fully saturated rings. The lowest BCUT2D eigenvalue weighted by Gasteiger charge is -2.24. The molecule has 0 amide bonds. The third-order valence-electron chi connectivity index (χ3n) is 4.28. The minimum absolute atomic E-state index is 0.305. The van der Waals surface area contributed by atoms with Crippen molar-refractivity contribution in [2.24, 2.45) is 11.8 Å². The van der Waals surface area contributed by atoms with Crippen LogP contribution in [0.25, 0.3) is 0 Å². The van der Waals surface area contributed by atoms with Gasteiger partial charge in [0.05, 0.1) is 7.11 Å². The van der Waals surface area contributed by atoms with Gasteiger partial charge in [-0.05, 0) is 55.7 Å². The summed E-state index contributed by atoms with van der Waals surface area (Å²) in [5.74, 6) is 2.96. The molecule has 3 atom stereocenters. The summed E-state index contributed by atoms with van der Waals surface area (Å²) in [7, 11) is 1.63. The summed E-state index contributed by atoms with van der Waals surface area (Å²) in [6.45, 7) is 0. The van der Waals surface area contributed by atoms with Crippen LogP contribution < -0.4 is 9.47 Å². The molecular weight excluding hydrogens is 228 g/mol. The second kappa shape index (κ2) is 4.63. The van der Waals surface area contributed by atoms with Crippen molar-refractivity contribution in [1.82, 2.24) is 0 Å². The number of methoxy groups -OCH3 is 1. The lowest BCUT2D eigenvalue weighted by atomic mass is 9.97. The van der Waals surface area contributed by atoms with E-state index in [0.29, 0.717) is 29.1 Å². The van der Waals surface area contributed by atoms with E-state index in [1.165, 1.54) is 19.3 Å². The normalized spacial score (nSPS) is 29.3. The summed E-state index contributed by atoms with van der Waals surface area (Å²) in [6, 6.07) is 5.32. The fourth-order valence-electron chi connectivity index (χ4n) is 3.35. The van der Waals surface area contributed by atoms with E-state index in [0.717, 1.165) is 18.6 Å². The van der Waals surface area contributed by atoms with Crippen molar-refractivity contribution in [3.63, 3.8) is 0 Å². The maximum absolute atomic E-state index is 10.8. The van der Waals surface area contributed by atoms with E-state index < -0.39 is 0 Å². The molecule has 1 aromatic carbocycles. The number of benzene rings is 1. The highest BCUT2D eigenvalue weighted by Crippen LogP contribution is 2.46. The second-order valence-corrected chi connectivity index (χ2v) is 5.36. The van der Waals surface area contributed by atoms with Crippen LogP contribution in [0.4, 0.5) is 0 Å². The number of hydrogen-bond acceptors (Lipinski definition) is 3. The van der Waals surface area contributed by atoms with Gasteiger partial charge in [-0.2, -0.15) is 0 Å². The third-order valence-corrected chi connectivity index (χ3v) is 4.28. The minimum atomic E-state index is 0.305. The molecule has 0 N–H and O–H groups in total. The number of fused-ring (bicyclic) bond motifs is 2. The predicted octanol–water partition coefficient (Wildman–Crippen LogP) is 3.08. The molecule has 0 radical (unpaired) electrons. The van der Waals surface area contributed by atoms with Gasteiger partial charge in [0.1, 0.15) is 12.4 Å².